The van der Waals surface area contributed by atoms with E-state index in [1.54, 1.807) is 18.1 Å². The van der Waals surface area contributed by atoms with Crippen LogP contribution in [0.1, 0.15) is 79.6 Å². The highest BCUT2D eigenvalue weighted by Crippen LogP contribution is 2.41. The molecule has 0 bridgehead atoms. The molecule has 2 unspecified atom stereocenters. The van der Waals surface area contributed by atoms with Crippen molar-refractivity contribution in [1.82, 2.24) is 34.7 Å². The molecule has 2 fully saturated rings. The molecule has 3 N–H and O–H groups in total. The Balaban J connectivity index is 0.944. The molecule has 4 heterocycles. The highest BCUT2D eigenvalue weighted by molar-refractivity contribution is 5.84. The fourth-order valence-electron chi connectivity index (χ4n) is 8.58. The van der Waals surface area contributed by atoms with Gasteiger partial charge in [0.05, 0.1) is 36.4 Å². The van der Waals surface area contributed by atoms with Crippen LogP contribution in [0, 0.1) is 0 Å². The third kappa shape index (κ3) is 7.28. The molecule has 2 saturated heterocycles. The Morgan fingerprint density at radius 1 is 0.719 bits per heavy atom. The summed E-state index contributed by atoms with van der Waals surface area (Å²) in [5.74, 6) is 1.49. The predicted octanol–water partition coefficient (Wildman–Crippen LogP) is 7.46. The summed E-state index contributed by atoms with van der Waals surface area (Å²) in [6, 6.07) is 33.9. The second kappa shape index (κ2) is 15.9. The van der Waals surface area contributed by atoms with E-state index < -0.39 is 22.9 Å². The number of hydroxylamine groups is 2. The number of benzene rings is 4. The lowest BCUT2D eigenvalue weighted by molar-refractivity contribution is -1.16. The van der Waals surface area contributed by atoms with Crippen molar-refractivity contribution >= 4 is 12.0 Å². The van der Waals surface area contributed by atoms with E-state index in [0.29, 0.717) is 37.3 Å². The maximum absolute atomic E-state index is 13.9. The molecule has 12 nitrogen and oxygen atoms in total. The van der Waals surface area contributed by atoms with Crippen LogP contribution in [-0.2, 0) is 4.79 Å². The molecule has 292 valence electrons. The fraction of sp³-hybridized carbons (Fsp3) is 0.289. The molecule has 5 atom stereocenters. The van der Waals surface area contributed by atoms with E-state index in [2.05, 4.69) is 51.4 Å². The van der Waals surface area contributed by atoms with Crippen LogP contribution in [0.3, 0.4) is 0 Å². The van der Waals surface area contributed by atoms with Crippen LogP contribution < -0.4 is 5.11 Å². The lowest BCUT2D eigenvalue weighted by Gasteiger charge is -2.42. The van der Waals surface area contributed by atoms with Crippen molar-refractivity contribution in [1.29, 1.82) is 0 Å². The number of likely N-dealkylation sites (tertiary alicyclic amines) is 1. The highest BCUT2D eigenvalue weighted by atomic mass is 16.7. The van der Waals surface area contributed by atoms with Crippen molar-refractivity contribution in [2.24, 2.45) is 0 Å². The summed E-state index contributed by atoms with van der Waals surface area (Å²) in [7, 11) is 3.89. The van der Waals surface area contributed by atoms with E-state index in [0.717, 1.165) is 57.9 Å². The highest BCUT2D eigenvalue weighted by Gasteiger charge is 2.50. The van der Waals surface area contributed by atoms with Gasteiger partial charge in [-0.05, 0) is 74.5 Å². The number of aromatic nitrogens is 4. The first-order valence-corrected chi connectivity index (χ1v) is 19.6. The number of carbonyl (C=O) groups is 2. The number of nitrogens with one attached hydrogen (secondary N) is 2. The number of carboxylic acid groups (broad SMARTS) is 1. The molecule has 0 aliphatic carbocycles. The first kappa shape index (κ1) is 38.0. The average molecular weight is 765 g/mol. The van der Waals surface area contributed by atoms with Gasteiger partial charge in [-0.25, -0.2) is 9.97 Å². The zero-order valence-corrected chi connectivity index (χ0v) is 32.5. The van der Waals surface area contributed by atoms with Gasteiger partial charge < -0.3 is 24.8 Å². The van der Waals surface area contributed by atoms with Crippen LogP contribution in [0.5, 0.6) is 0 Å². The maximum Gasteiger partial charge on any atom is 0.313 e. The maximum atomic E-state index is 13.9. The lowest BCUT2D eigenvalue weighted by atomic mass is 10.0. The van der Waals surface area contributed by atoms with Crippen molar-refractivity contribution in [3.8, 4) is 33.6 Å². The third-order valence-corrected chi connectivity index (χ3v) is 11.7. The number of likely N-dealkylation sites (N-methyl/N-ethyl adjacent to an activating group) is 1. The number of aromatic amines is 2. The Morgan fingerprint density at radius 2 is 1.19 bits per heavy atom. The number of quaternary nitrogens is 1. The Kier molecular flexibility index (Phi) is 10.6. The van der Waals surface area contributed by atoms with E-state index in [9.17, 15) is 19.9 Å². The summed E-state index contributed by atoms with van der Waals surface area (Å²) >= 11 is 0. The summed E-state index contributed by atoms with van der Waals surface area (Å²) < 4.78 is -1.35. The molecule has 2 aliphatic heterocycles. The first-order valence-electron chi connectivity index (χ1n) is 19.6. The van der Waals surface area contributed by atoms with E-state index in [4.69, 9.17) is 4.98 Å². The van der Waals surface area contributed by atoms with Crippen molar-refractivity contribution in [2.75, 3.05) is 27.2 Å². The second-order valence-corrected chi connectivity index (χ2v) is 15.3. The van der Waals surface area contributed by atoms with Gasteiger partial charge in [-0.15, -0.1) is 5.01 Å². The molecular weight excluding hydrogens is 717 g/mol. The first-order chi connectivity index (χ1) is 27.6. The van der Waals surface area contributed by atoms with Gasteiger partial charge in [0, 0.05) is 12.1 Å². The SMILES string of the molecule is CC(c1ccccc1)[N+](O)(C(=O)[O-])N1CCC[C@H]1c1ncc(-c2ccc(-c3ccc(-c4cnc([C@@H]5CCCN5C(=O)[C@@H](c5ccccc5)N(C)C)[nH]4)cc3)cc2)[nH]1. The van der Waals surface area contributed by atoms with Crippen molar-refractivity contribution in [3.05, 3.63) is 144 Å². The van der Waals surface area contributed by atoms with Gasteiger partial charge in [0.15, 0.2) is 6.04 Å². The van der Waals surface area contributed by atoms with Crippen molar-refractivity contribution < 1.29 is 24.7 Å². The minimum Gasteiger partial charge on any atom is -0.494 e. The number of amides is 2. The number of imidazole rings is 2. The molecule has 0 spiro atoms. The molecular formula is C45H48N8O4. The summed E-state index contributed by atoms with van der Waals surface area (Å²) in [6.07, 6.45) is 5.17. The number of rotatable bonds is 11. The summed E-state index contributed by atoms with van der Waals surface area (Å²) in [5, 5.41) is 25.8. The average Bonchev–Trinajstić information content (AvgIpc) is 4.08. The Labute approximate surface area is 332 Å². The molecule has 0 radical (unpaired) electrons. The molecule has 12 heteroatoms. The molecule has 2 aliphatic rings. The van der Waals surface area contributed by atoms with Gasteiger partial charge in [-0.3, -0.25) is 9.69 Å². The van der Waals surface area contributed by atoms with Crippen LogP contribution in [0.2, 0.25) is 0 Å². The molecule has 57 heavy (non-hydrogen) atoms. The number of H-pyrrole nitrogens is 2. The van der Waals surface area contributed by atoms with Gasteiger partial charge >= 0.3 is 6.09 Å². The van der Waals surface area contributed by atoms with Gasteiger partial charge in [-0.2, -0.15) is 5.21 Å². The number of carbonyl (C=O) groups excluding carboxylic acids is 2. The van der Waals surface area contributed by atoms with Gasteiger partial charge in [0.2, 0.25) is 5.91 Å². The molecule has 0 saturated carbocycles. The van der Waals surface area contributed by atoms with Crippen LogP contribution in [0.4, 0.5) is 4.79 Å². The van der Waals surface area contributed by atoms with Crippen LogP contribution in [-0.4, -0.2) is 83.9 Å². The van der Waals surface area contributed by atoms with Gasteiger partial charge in [-0.1, -0.05) is 114 Å². The number of nitrogens with zero attached hydrogens (tertiary/aromatic N) is 6. The van der Waals surface area contributed by atoms with Gasteiger partial charge in [0.1, 0.15) is 23.7 Å². The summed E-state index contributed by atoms with van der Waals surface area (Å²) in [5.41, 5.74) is 7.44. The second-order valence-electron chi connectivity index (χ2n) is 15.3. The fourth-order valence-corrected chi connectivity index (χ4v) is 8.58. The predicted molar refractivity (Wildman–Crippen MR) is 215 cm³/mol. The summed E-state index contributed by atoms with van der Waals surface area (Å²) in [6.45, 7) is 2.78. The monoisotopic (exact) mass is 764 g/mol. The standard InChI is InChI=1S/C45H48N8O4/c1-30(31-12-6-4-7-13-31)53(57,45(55)56)52-27-11-17-40(52)43-47-29-38(49-43)35-24-20-33(21-25-35)32-18-22-34(23-19-32)37-28-46-42(48-37)39-16-10-26-51(39)44(54)41(50(2)3)36-14-8-5-9-15-36/h4-9,12-15,18-25,28-30,39-41,57H,10-11,16-17,26-27H2,1-3H3,(H2-,46,47,48,49,55,56)/t30?,39-,40-,41+,53?/m0/s1. The van der Waals surface area contributed by atoms with E-state index >= 15 is 0 Å². The minimum absolute atomic E-state index is 0.0882. The Bertz CT molecular complexity index is 2310. The molecule has 2 amide bonds. The number of hydrogen-bond donors (Lipinski definition) is 3. The minimum atomic E-state index is -1.58. The normalized spacial score (nSPS) is 19.4. The lowest BCUT2D eigenvalue weighted by Crippen LogP contribution is -2.66. The molecule has 2 aromatic heterocycles. The molecule has 6 aromatic rings. The largest absolute Gasteiger partial charge is 0.494 e. The zero-order valence-electron chi connectivity index (χ0n) is 32.5. The Morgan fingerprint density at radius 3 is 1.72 bits per heavy atom. The van der Waals surface area contributed by atoms with Crippen molar-refractivity contribution in [2.45, 2.75) is 56.8 Å². The van der Waals surface area contributed by atoms with Crippen molar-refractivity contribution in [3.63, 3.8) is 0 Å². The van der Waals surface area contributed by atoms with Crippen LogP contribution in [0.25, 0.3) is 33.6 Å². The zero-order chi connectivity index (χ0) is 39.7. The van der Waals surface area contributed by atoms with Crippen LogP contribution >= 0.6 is 0 Å². The molecule has 8 rings (SSSR count). The van der Waals surface area contributed by atoms with Gasteiger partial charge in [0.25, 0.3) is 0 Å². The third-order valence-electron chi connectivity index (χ3n) is 11.7. The Hall–Kier alpha value is -5.92. The quantitative estimate of drug-likeness (QED) is 0.0701. The van der Waals surface area contributed by atoms with E-state index in [1.807, 2.05) is 103 Å². The van der Waals surface area contributed by atoms with Crippen LogP contribution in [0.15, 0.2) is 122 Å². The molecule has 4 aromatic carbocycles. The topological polar surface area (TPSA) is 145 Å². The smallest absolute Gasteiger partial charge is 0.313 e. The van der Waals surface area contributed by atoms with E-state index in [-0.39, 0.29) is 18.0 Å². The van der Waals surface area contributed by atoms with E-state index in [1.165, 1.54) is 0 Å². The number of hydrogen-bond acceptors (Lipinski definition) is 8. The summed E-state index contributed by atoms with van der Waals surface area (Å²) in [4.78, 5) is 46.7.